The zero-order valence-electron chi connectivity index (χ0n) is 16.1. The second-order valence-corrected chi connectivity index (χ2v) is 8.79. The summed E-state index contributed by atoms with van der Waals surface area (Å²) in [6, 6.07) is 14.5. The van der Waals surface area contributed by atoms with Crippen LogP contribution in [0.15, 0.2) is 53.7 Å². The van der Waals surface area contributed by atoms with Crippen molar-refractivity contribution < 1.29 is 9.18 Å². The molecule has 0 radical (unpaired) electrons. The summed E-state index contributed by atoms with van der Waals surface area (Å²) in [7, 11) is 0. The van der Waals surface area contributed by atoms with Crippen LogP contribution in [0.2, 0.25) is 0 Å². The van der Waals surface area contributed by atoms with Gasteiger partial charge in [0.05, 0.1) is 11.0 Å². The van der Waals surface area contributed by atoms with Crippen molar-refractivity contribution in [2.24, 2.45) is 5.92 Å². The number of thioether (sulfide) groups is 1. The van der Waals surface area contributed by atoms with Crippen molar-refractivity contribution in [2.75, 3.05) is 0 Å². The normalized spacial score (nSPS) is 15.1. The molecule has 4 rings (SSSR count). The van der Waals surface area contributed by atoms with Crippen LogP contribution in [0, 0.1) is 11.7 Å². The van der Waals surface area contributed by atoms with Gasteiger partial charge in [-0.25, -0.2) is 9.37 Å². The first-order valence-electron chi connectivity index (χ1n) is 9.69. The number of fused-ring (bicyclic) bond motifs is 1. The minimum absolute atomic E-state index is 0.0396. The summed E-state index contributed by atoms with van der Waals surface area (Å²) in [5, 5.41) is 3.44. The third-order valence-electron chi connectivity index (χ3n) is 4.73. The van der Waals surface area contributed by atoms with Crippen LogP contribution in [-0.4, -0.2) is 21.5 Å². The van der Waals surface area contributed by atoms with Gasteiger partial charge in [-0.1, -0.05) is 49.9 Å². The van der Waals surface area contributed by atoms with E-state index in [0.717, 1.165) is 41.1 Å². The maximum Gasteiger partial charge on any atom is 0.238 e. The number of rotatable bonds is 7. The van der Waals surface area contributed by atoms with E-state index in [1.807, 2.05) is 18.2 Å². The second-order valence-electron chi connectivity index (χ2n) is 7.72. The van der Waals surface area contributed by atoms with Crippen molar-refractivity contribution in [1.82, 2.24) is 14.9 Å². The minimum atomic E-state index is -0.469. The molecule has 28 heavy (non-hydrogen) atoms. The van der Waals surface area contributed by atoms with Crippen LogP contribution in [0.25, 0.3) is 11.0 Å². The molecule has 146 valence electrons. The van der Waals surface area contributed by atoms with Gasteiger partial charge < -0.3 is 9.88 Å². The number of amides is 1. The van der Waals surface area contributed by atoms with Gasteiger partial charge in [0.1, 0.15) is 11.1 Å². The number of halogens is 1. The third-order valence-corrected chi connectivity index (χ3v) is 5.97. The van der Waals surface area contributed by atoms with Crippen LogP contribution in [-0.2, 0) is 11.3 Å². The number of carbonyl (C=O) groups excluding carboxylic acids is 1. The first-order valence-corrected chi connectivity index (χ1v) is 10.6. The van der Waals surface area contributed by atoms with E-state index in [1.165, 1.54) is 23.9 Å². The summed E-state index contributed by atoms with van der Waals surface area (Å²) in [6.07, 6.45) is 2.05. The SMILES string of the molecule is CC(C)Cn1c(SC(C(=O)NC2CC2)c2ccc(F)cc2)nc2ccccc21. The largest absolute Gasteiger partial charge is 0.352 e. The van der Waals surface area contributed by atoms with E-state index in [2.05, 4.69) is 29.8 Å². The molecule has 4 nitrogen and oxygen atoms in total. The lowest BCUT2D eigenvalue weighted by Gasteiger charge is -2.18. The highest BCUT2D eigenvalue weighted by atomic mass is 32.2. The van der Waals surface area contributed by atoms with E-state index in [9.17, 15) is 9.18 Å². The van der Waals surface area contributed by atoms with Crippen LogP contribution in [0.1, 0.15) is 37.5 Å². The fourth-order valence-electron chi connectivity index (χ4n) is 3.21. The number of nitrogens with zero attached hydrogens (tertiary/aromatic N) is 2. The fourth-order valence-corrected chi connectivity index (χ4v) is 4.34. The van der Waals surface area contributed by atoms with E-state index in [1.54, 1.807) is 12.1 Å². The highest BCUT2D eigenvalue weighted by molar-refractivity contribution is 8.00. The van der Waals surface area contributed by atoms with Crippen molar-refractivity contribution in [2.45, 2.75) is 49.7 Å². The number of aromatic nitrogens is 2. The number of imidazole rings is 1. The standard InChI is InChI=1S/C22H24FN3OS/c1-14(2)13-26-19-6-4-3-5-18(19)25-22(26)28-20(21(27)24-17-11-12-17)15-7-9-16(23)10-8-15/h3-10,14,17,20H,11-13H2,1-2H3,(H,24,27). The van der Waals surface area contributed by atoms with Crippen molar-refractivity contribution in [3.05, 3.63) is 59.9 Å². The molecule has 1 amide bonds. The lowest BCUT2D eigenvalue weighted by atomic mass is 10.1. The summed E-state index contributed by atoms with van der Waals surface area (Å²) < 4.78 is 15.6. The minimum Gasteiger partial charge on any atom is -0.352 e. The average Bonchev–Trinajstić information content (AvgIpc) is 3.42. The lowest BCUT2D eigenvalue weighted by molar-refractivity contribution is -0.120. The first-order chi connectivity index (χ1) is 13.5. The number of para-hydroxylation sites is 2. The molecule has 1 heterocycles. The van der Waals surface area contributed by atoms with Gasteiger partial charge in [0.15, 0.2) is 5.16 Å². The van der Waals surface area contributed by atoms with Crippen LogP contribution in [0.5, 0.6) is 0 Å². The molecule has 6 heteroatoms. The Morgan fingerprint density at radius 1 is 1.21 bits per heavy atom. The quantitative estimate of drug-likeness (QED) is 0.574. The molecule has 1 aliphatic rings. The van der Waals surface area contributed by atoms with Crippen molar-refractivity contribution in [3.8, 4) is 0 Å². The molecule has 0 bridgehead atoms. The van der Waals surface area contributed by atoms with Crippen molar-refractivity contribution in [3.63, 3.8) is 0 Å². The van der Waals surface area contributed by atoms with Gasteiger partial charge in [-0.3, -0.25) is 4.79 Å². The average molecular weight is 398 g/mol. The zero-order valence-corrected chi connectivity index (χ0v) is 16.9. The molecule has 0 spiro atoms. The monoisotopic (exact) mass is 397 g/mol. The topological polar surface area (TPSA) is 46.9 Å². The molecule has 0 saturated heterocycles. The fraction of sp³-hybridized carbons (Fsp3) is 0.364. The second kappa shape index (κ2) is 7.95. The highest BCUT2D eigenvalue weighted by Gasteiger charge is 2.30. The van der Waals surface area contributed by atoms with Gasteiger partial charge in [-0.2, -0.15) is 0 Å². The van der Waals surface area contributed by atoms with E-state index >= 15 is 0 Å². The molecule has 2 aromatic carbocycles. The Morgan fingerprint density at radius 2 is 1.93 bits per heavy atom. The molecular formula is C22H24FN3OS. The summed E-state index contributed by atoms with van der Waals surface area (Å²) in [5.41, 5.74) is 2.78. The molecule has 1 saturated carbocycles. The van der Waals surface area contributed by atoms with Gasteiger partial charge in [-0.15, -0.1) is 0 Å². The summed E-state index contributed by atoms with van der Waals surface area (Å²) in [6.45, 7) is 5.16. The predicted octanol–water partition coefficient (Wildman–Crippen LogP) is 4.94. The smallest absolute Gasteiger partial charge is 0.238 e. The molecule has 3 aromatic rings. The van der Waals surface area contributed by atoms with Crippen LogP contribution in [0.4, 0.5) is 4.39 Å². The van der Waals surface area contributed by atoms with E-state index < -0.39 is 5.25 Å². The molecule has 1 atom stereocenters. The van der Waals surface area contributed by atoms with Gasteiger partial charge in [0.2, 0.25) is 5.91 Å². The van der Waals surface area contributed by atoms with E-state index in [0.29, 0.717) is 5.92 Å². The Bertz CT molecular complexity index is 979. The van der Waals surface area contributed by atoms with Crippen LogP contribution < -0.4 is 5.32 Å². The van der Waals surface area contributed by atoms with Crippen molar-refractivity contribution >= 4 is 28.7 Å². The Morgan fingerprint density at radius 3 is 2.61 bits per heavy atom. The molecule has 1 aromatic heterocycles. The Balaban J connectivity index is 1.71. The van der Waals surface area contributed by atoms with Gasteiger partial charge in [0, 0.05) is 12.6 Å². The molecule has 0 aliphatic heterocycles. The third kappa shape index (κ3) is 4.22. The number of carbonyl (C=O) groups is 1. The van der Waals surface area contributed by atoms with Crippen LogP contribution >= 0.6 is 11.8 Å². The van der Waals surface area contributed by atoms with Gasteiger partial charge in [-0.05, 0) is 48.6 Å². The maximum atomic E-state index is 13.4. The van der Waals surface area contributed by atoms with Gasteiger partial charge >= 0.3 is 0 Å². The molecule has 1 unspecified atom stereocenters. The van der Waals surface area contributed by atoms with Crippen molar-refractivity contribution in [1.29, 1.82) is 0 Å². The van der Waals surface area contributed by atoms with Crippen LogP contribution in [0.3, 0.4) is 0 Å². The van der Waals surface area contributed by atoms with Gasteiger partial charge in [0.25, 0.3) is 0 Å². The molecule has 1 aliphatic carbocycles. The number of benzene rings is 2. The highest BCUT2D eigenvalue weighted by Crippen LogP contribution is 2.38. The van der Waals surface area contributed by atoms with E-state index in [-0.39, 0.29) is 17.8 Å². The molecule has 1 N–H and O–H groups in total. The summed E-state index contributed by atoms with van der Waals surface area (Å²) in [5.74, 6) is 0.103. The molecular weight excluding hydrogens is 373 g/mol. The lowest BCUT2D eigenvalue weighted by Crippen LogP contribution is -2.30. The summed E-state index contributed by atoms with van der Waals surface area (Å²) >= 11 is 1.44. The first kappa shape index (κ1) is 19.0. The number of hydrogen-bond donors (Lipinski definition) is 1. The zero-order chi connectivity index (χ0) is 19.7. The predicted molar refractivity (Wildman–Crippen MR) is 111 cm³/mol. The summed E-state index contributed by atoms with van der Waals surface area (Å²) in [4.78, 5) is 17.8. The Kier molecular flexibility index (Phi) is 5.40. The Hall–Kier alpha value is -2.34. The maximum absolute atomic E-state index is 13.4. The number of hydrogen-bond acceptors (Lipinski definition) is 3. The van der Waals surface area contributed by atoms with E-state index in [4.69, 9.17) is 4.98 Å². The molecule has 1 fully saturated rings. The Labute approximate surface area is 168 Å². The number of nitrogens with one attached hydrogen (secondary N) is 1.